The second-order valence-corrected chi connectivity index (χ2v) is 13.2. The molecule has 2 fully saturated rings. The van der Waals surface area contributed by atoms with Crippen LogP contribution in [-0.4, -0.2) is 81.1 Å². The van der Waals surface area contributed by atoms with Crippen LogP contribution in [0.2, 0.25) is 0 Å². The number of fused-ring (bicyclic) bond motifs is 1. The van der Waals surface area contributed by atoms with Crippen molar-refractivity contribution in [2.24, 2.45) is 13.0 Å². The lowest BCUT2D eigenvalue weighted by Crippen LogP contribution is -2.54. The van der Waals surface area contributed by atoms with Crippen LogP contribution in [0.4, 0.5) is 10.5 Å². The molecule has 7 rings (SSSR count). The Kier molecular flexibility index (Phi) is 9.65. The van der Waals surface area contributed by atoms with Crippen LogP contribution in [0.1, 0.15) is 30.9 Å². The molecule has 254 valence electrons. The monoisotopic (exact) mass is 660 g/mol. The number of para-hydroxylation sites is 1. The van der Waals surface area contributed by atoms with Gasteiger partial charge in [-0.15, -0.1) is 0 Å². The van der Waals surface area contributed by atoms with Crippen molar-refractivity contribution in [2.45, 2.75) is 39.0 Å². The van der Waals surface area contributed by atoms with E-state index in [1.54, 1.807) is 4.90 Å². The summed E-state index contributed by atoms with van der Waals surface area (Å²) in [4.78, 5) is 22.8. The van der Waals surface area contributed by atoms with Gasteiger partial charge in [-0.25, -0.2) is 4.79 Å². The van der Waals surface area contributed by atoms with Crippen molar-refractivity contribution >= 4 is 22.7 Å². The zero-order valence-corrected chi connectivity index (χ0v) is 28.2. The van der Waals surface area contributed by atoms with Crippen molar-refractivity contribution < 1.29 is 19.4 Å². The number of hydrogen-bond donors (Lipinski definition) is 1. The molecule has 5 aromatic rings. The molecule has 0 spiro atoms. The van der Waals surface area contributed by atoms with Gasteiger partial charge in [0.05, 0.1) is 16.8 Å². The second kappa shape index (κ2) is 14.6. The Morgan fingerprint density at radius 2 is 1.53 bits per heavy atom. The number of carbonyl (C=O) groups is 1. The number of hydrogen-bond acceptors (Lipinski definition) is 7. The molecule has 0 bridgehead atoms. The van der Waals surface area contributed by atoms with Gasteiger partial charge in [0.25, 0.3) is 0 Å². The molecule has 10 nitrogen and oxygen atoms in total. The molecule has 1 atom stereocenters. The number of anilines is 1. The number of benzene rings is 3. The minimum absolute atomic E-state index is 0.0282. The predicted molar refractivity (Wildman–Crippen MR) is 191 cm³/mol. The first-order valence-corrected chi connectivity index (χ1v) is 17.2. The van der Waals surface area contributed by atoms with Gasteiger partial charge in [-0.2, -0.15) is 10.1 Å². The normalized spacial score (nSPS) is 17.4. The Hall–Kier alpha value is -5.09. The highest BCUT2D eigenvalue weighted by molar-refractivity contribution is 6.01. The molecule has 0 radical (unpaired) electrons. The number of piperazine rings is 1. The van der Waals surface area contributed by atoms with Crippen LogP contribution in [0, 0.1) is 5.92 Å². The molecule has 1 unspecified atom stereocenters. The van der Waals surface area contributed by atoms with Crippen LogP contribution in [0.25, 0.3) is 22.2 Å². The molecule has 1 N–H and O–H groups in total. The predicted octanol–water partition coefficient (Wildman–Crippen LogP) is 6.69. The van der Waals surface area contributed by atoms with E-state index in [1.807, 2.05) is 91.4 Å². The summed E-state index contributed by atoms with van der Waals surface area (Å²) >= 11 is 0. The Morgan fingerprint density at radius 1 is 0.837 bits per heavy atom. The van der Waals surface area contributed by atoms with Crippen LogP contribution in [0.15, 0.2) is 91.0 Å². The Balaban J connectivity index is 1.10. The van der Waals surface area contributed by atoms with Gasteiger partial charge in [-0.05, 0) is 48.9 Å². The fraction of sp³-hybridized carbons (Fsp3) is 0.359. The van der Waals surface area contributed by atoms with Crippen LogP contribution < -0.4 is 14.4 Å². The van der Waals surface area contributed by atoms with E-state index in [4.69, 9.17) is 19.6 Å². The molecule has 2 aliphatic heterocycles. The molecule has 2 aromatic heterocycles. The Labute approximate surface area is 287 Å². The van der Waals surface area contributed by atoms with Crippen molar-refractivity contribution in [1.29, 1.82) is 0 Å². The fourth-order valence-corrected chi connectivity index (χ4v) is 7.23. The smallest absolute Gasteiger partial charge is 0.407 e. The first-order chi connectivity index (χ1) is 23.9. The molecule has 10 heteroatoms. The van der Waals surface area contributed by atoms with Gasteiger partial charge in [0, 0.05) is 63.8 Å². The topological polar surface area (TPSA) is 96.2 Å². The van der Waals surface area contributed by atoms with Gasteiger partial charge in [0.1, 0.15) is 18.9 Å². The lowest BCUT2D eigenvalue weighted by Gasteiger charge is -2.41. The standard InChI is InChI=1S/C39H44N6O4/c1-28-24-43(22-23-45(28)39(46)47)25-29-18-20-44(21-19-29)34-15-9-14-32-36(41-42(2)37(32)34)33-16-17-35(48-26-30-10-5-3-6-11-30)40-38(33)49-27-31-12-7-4-8-13-31/h3-17,28-29H,18-27H2,1-2H3,(H,46,47). The SMILES string of the molecule is CC1CN(CC2CCN(c3cccc4c(-c5ccc(OCc6ccccc6)nc5OCc5ccccc5)nn(C)c34)CC2)CCN1C(=O)O. The fourth-order valence-electron chi connectivity index (χ4n) is 7.23. The zero-order chi connectivity index (χ0) is 33.7. The van der Waals surface area contributed by atoms with Gasteiger partial charge in [0.2, 0.25) is 11.8 Å². The number of aryl methyl sites for hydroxylation is 1. The number of carboxylic acid groups (broad SMARTS) is 1. The van der Waals surface area contributed by atoms with Crippen LogP contribution in [0.5, 0.6) is 11.8 Å². The first kappa shape index (κ1) is 32.5. The number of piperidine rings is 1. The molecule has 0 aliphatic carbocycles. The van der Waals surface area contributed by atoms with Crippen LogP contribution in [-0.2, 0) is 20.3 Å². The lowest BCUT2D eigenvalue weighted by molar-refractivity contribution is 0.0651. The third-order valence-electron chi connectivity index (χ3n) is 9.81. The van der Waals surface area contributed by atoms with E-state index in [0.717, 1.165) is 78.9 Å². The average molecular weight is 661 g/mol. The van der Waals surface area contributed by atoms with Crippen molar-refractivity contribution in [3.8, 4) is 23.0 Å². The number of rotatable bonds is 10. The third-order valence-corrected chi connectivity index (χ3v) is 9.81. The summed E-state index contributed by atoms with van der Waals surface area (Å²) in [6.45, 7) is 7.95. The second-order valence-electron chi connectivity index (χ2n) is 13.2. The number of pyridine rings is 1. The molecule has 4 heterocycles. The summed E-state index contributed by atoms with van der Waals surface area (Å²) in [6.07, 6.45) is 1.38. The lowest BCUT2D eigenvalue weighted by atomic mass is 9.95. The quantitative estimate of drug-likeness (QED) is 0.177. The van der Waals surface area contributed by atoms with Gasteiger partial charge >= 0.3 is 6.09 Å². The summed E-state index contributed by atoms with van der Waals surface area (Å²) < 4.78 is 14.5. The molecule has 1 amide bonds. The van der Waals surface area contributed by atoms with Gasteiger partial charge in [-0.1, -0.05) is 72.8 Å². The highest BCUT2D eigenvalue weighted by Crippen LogP contribution is 2.39. The summed E-state index contributed by atoms with van der Waals surface area (Å²) in [5.41, 5.74) is 6.05. The van der Waals surface area contributed by atoms with E-state index in [9.17, 15) is 9.90 Å². The maximum Gasteiger partial charge on any atom is 0.407 e. The molecule has 2 aliphatic rings. The van der Waals surface area contributed by atoms with E-state index in [-0.39, 0.29) is 6.04 Å². The zero-order valence-electron chi connectivity index (χ0n) is 28.2. The van der Waals surface area contributed by atoms with Gasteiger partial charge < -0.3 is 24.4 Å². The van der Waals surface area contributed by atoms with E-state index in [0.29, 0.717) is 37.4 Å². The van der Waals surface area contributed by atoms with Gasteiger partial charge in [0.15, 0.2) is 0 Å². The highest BCUT2D eigenvalue weighted by atomic mass is 16.5. The first-order valence-electron chi connectivity index (χ1n) is 17.2. The van der Waals surface area contributed by atoms with Crippen LogP contribution in [0.3, 0.4) is 0 Å². The maximum absolute atomic E-state index is 11.5. The number of amides is 1. The maximum atomic E-state index is 11.5. The van der Waals surface area contributed by atoms with Crippen molar-refractivity contribution in [3.63, 3.8) is 0 Å². The molecule has 0 saturated carbocycles. The summed E-state index contributed by atoms with van der Waals surface area (Å²) in [5, 5.41) is 15.5. The number of aromatic nitrogens is 3. The largest absolute Gasteiger partial charge is 0.473 e. The molecule has 2 saturated heterocycles. The van der Waals surface area contributed by atoms with Gasteiger partial charge in [-0.3, -0.25) is 9.58 Å². The highest BCUT2D eigenvalue weighted by Gasteiger charge is 2.30. The molecular formula is C39H44N6O4. The van der Waals surface area contributed by atoms with Crippen molar-refractivity contribution in [1.82, 2.24) is 24.6 Å². The van der Waals surface area contributed by atoms with E-state index in [2.05, 4.69) is 28.0 Å². The summed E-state index contributed by atoms with van der Waals surface area (Å²) in [7, 11) is 2.01. The summed E-state index contributed by atoms with van der Waals surface area (Å²) in [6, 6.07) is 30.5. The van der Waals surface area contributed by atoms with Crippen molar-refractivity contribution in [3.05, 3.63) is 102 Å². The average Bonchev–Trinajstić information content (AvgIpc) is 3.47. The van der Waals surface area contributed by atoms with E-state index >= 15 is 0 Å². The van der Waals surface area contributed by atoms with E-state index < -0.39 is 6.09 Å². The summed E-state index contributed by atoms with van der Waals surface area (Å²) in [5.74, 6) is 1.58. The van der Waals surface area contributed by atoms with Crippen LogP contribution >= 0.6 is 0 Å². The van der Waals surface area contributed by atoms with Crippen molar-refractivity contribution in [2.75, 3.05) is 44.2 Å². The minimum Gasteiger partial charge on any atom is -0.473 e. The van der Waals surface area contributed by atoms with E-state index in [1.165, 1.54) is 5.69 Å². The molecule has 49 heavy (non-hydrogen) atoms. The number of ether oxygens (including phenoxy) is 2. The molecular weight excluding hydrogens is 616 g/mol. The Morgan fingerprint density at radius 3 is 2.20 bits per heavy atom. The third kappa shape index (κ3) is 7.34. The molecule has 3 aromatic carbocycles. The number of nitrogens with zero attached hydrogens (tertiary/aromatic N) is 6. The minimum atomic E-state index is -0.815. The Bertz CT molecular complexity index is 1870.